The molecule has 1 aromatic carbocycles. The number of nitrogens with two attached hydrogens (primary N) is 1. The molecule has 1 saturated carbocycles. The van der Waals surface area contributed by atoms with Gasteiger partial charge in [0.1, 0.15) is 11.7 Å². The van der Waals surface area contributed by atoms with Crippen molar-refractivity contribution in [3.8, 4) is 0 Å². The Morgan fingerprint density at radius 2 is 2.00 bits per heavy atom. The monoisotopic (exact) mass is 313 g/mol. The average molecular weight is 313 g/mol. The fourth-order valence-electron chi connectivity index (χ4n) is 2.64. The van der Waals surface area contributed by atoms with Crippen molar-refractivity contribution in [2.24, 2.45) is 11.7 Å². The van der Waals surface area contributed by atoms with Crippen LogP contribution >= 0.6 is 0 Å². The van der Waals surface area contributed by atoms with Crippen molar-refractivity contribution in [1.82, 2.24) is 0 Å². The molecular formula is C14H20FN3O2S. The van der Waals surface area contributed by atoms with Gasteiger partial charge in [-0.2, -0.15) is 0 Å². The van der Waals surface area contributed by atoms with E-state index in [0.717, 1.165) is 38.2 Å². The van der Waals surface area contributed by atoms with Crippen LogP contribution in [0.2, 0.25) is 0 Å². The van der Waals surface area contributed by atoms with E-state index in [1.165, 1.54) is 12.1 Å². The maximum atomic E-state index is 13.8. The number of anilines is 1. The van der Waals surface area contributed by atoms with Gasteiger partial charge in [0.05, 0.1) is 11.4 Å². The van der Waals surface area contributed by atoms with Crippen molar-refractivity contribution in [3.05, 3.63) is 29.6 Å². The summed E-state index contributed by atoms with van der Waals surface area (Å²) in [6, 6.07) is 3.77. The average Bonchev–Trinajstić information content (AvgIpc) is 2.41. The largest absolute Gasteiger partial charge is 0.384 e. The summed E-state index contributed by atoms with van der Waals surface area (Å²) in [5.74, 6) is -0.808. The lowest BCUT2D eigenvalue weighted by Gasteiger charge is -2.21. The second-order valence-electron chi connectivity index (χ2n) is 5.50. The number of nitrogen functional groups attached to an aromatic ring is 1. The van der Waals surface area contributed by atoms with Gasteiger partial charge < -0.3 is 5.73 Å². The van der Waals surface area contributed by atoms with Crippen molar-refractivity contribution < 1.29 is 12.8 Å². The minimum atomic E-state index is -3.56. The lowest BCUT2D eigenvalue weighted by atomic mass is 9.91. The number of amidine groups is 1. The first-order valence-electron chi connectivity index (χ1n) is 7.02. The molecule has 0 radical (unpaired) electrons. The van der Waals surface area contributed by atoms with Crippen LogP contribution in [0.3, 0.4) is 0 Å². The first-order chi connectivity index (χ1) is 9.87. The Kier molecular flexibility index (Phi) is 4.82. The maximum absolute atomic E-state index is 13.8. The quantitative estimate of drug-likeness (QED) is 0.575. The molecule has 0 amide bonds. The summed E-state index contributed by atoms with van der Waals surface area (Å²) in [6.07, 6.45) is 5.09. The molecule has 0 spiro atoms. The summed E-state index contributed by atoms with van der Waals surface area (Å²) in [6.45, 7) is 0. The third-order valence-corrected chi connectivity index (χ3v) is 5.17. The van der Waals surface area contributed by atoms with Crippen LogP contribution in [0.25, 0.3) is 0 Å². The normalized spacial score (nSPS) is 16.6. The van der Waals surface area contributed by atoms with E-state index in [0.29, 0.717) is 0 Å². The van der Waals surface area contributed by atoms with Crippen LogP contribution < -0.4 is 10.5 Å². The molecule has 0 unspecified atom stereocenters. The number of hydrogen-bond acceptors (Lipinski definition) is 3. The molecule has 0 heterocycles. The Hall–Kier alpha value is -1.63. The van der Waals surface area contributed by atoms with Crippen LogP contribution in [0.1, 0.15) is 37.7 Å². The van der Waals surface area contributed by atoms with Gasteiger partial charge in [0, 0.05) is 5.56 Å². The van der Waals surface area contributed by atoms with Gasteiger partial charge >= 0.3 is 0 Å². The Labute approximate surface area is 124 Å². The van der Waals surface area contributed by atoms with Crippen LogP contribution in [-0.4, -0.2) is 20.0 Å². The van der Waals surface area contributed by atoms with Gasteiger partial charge in [-0.15, -0.1) is 0 Å². The fraction of sp³-hybridized carbons (Fsp3) is 0.500. The highest BCUT2D eigenvalue weighted by Gasteiger charge is 2.22. The summed E-state index contributed by atoms with van der Waals surface area (Å²) in [5, 5.41) is 7.22. The third kappa shape index (κ3) is 4.42. The van der Waals surface area contributed by atoms with Gasteiger partial charge in [-0.25, -0.2) is 12.8 Å². The minimum absolute atomic E-state index is 0.0287. The second kappa shape index (κ2) is 6.43. The summed E-state index contributed by atoms with van der Waals surface area (Å²) in [4.78, 5) is 0. The molecule has 1 aromatic rings. The first kappa shape index (κ1) is 15.8. The van der Waals surface area contributed by atoms with Gasteiger partial charge in [-0.05, 0) is 37.0 Å². The van der Waals surface area contributed by atoms with Gasteiger partial charge in [0.2, 0.25) is 10.0 Å². The Morgan fingerprint density at radius 1 is 1.33 bits per heavy atom. The zero-order chi connectivity index (χ0) is 15.5. The summed E-state index contributed by atoms with van der Waals surface area (Å²) in [7, 11) is -3.56. The Morgan fingerprint density at radius 3 is 2.57 bits per heavy atom. The van der Waals surface area contributed by atoms with E-state index in [1.807, 2.05) is 0 Å². The summed E-state index contributed by atoms with van der Waals surface area (Å²) < 4.78 is 40.3. The number of halogens is 1. The minimum Gasteiger partial charge on any atom is -0.384 e. The van der Waals surface area contributed by atoms with Crippen LogP contribution in [0.15, 0.2) is 18.2 Å². The van der Waals surface area contributed by atoms with E-state index in [9.17, 15) is 12.8 Å². The number of hydrogen-bond donors (Lipinski definition) is 3. The van der Waals surface area contributed by atoms with E-state index in [-0.39, 0.29) is 28.8 Å². The molecule has 4 N–H and O–H groups in total. The summed E-state index contributed by atoms with van der Waals surface area (Å²) in [5.41, 5.74) is 5.39. The molecule has 1 aliphatic rings. The van der Waals surface area contributed by atoms with Crippen molar-refractivity contribution in [1.29, 1.82) is 5.41 Å². The molecule has 1 aliphatic carbocycles. The molecule has 2 rings (SSSR count). The zero-order valence-electron chi connectivity index (χ0n) is 11.7. The molecule has 1 fully saturated rings. The van der Waals surface area contributed by atoms with Crippen molar-refractivity contribution >= 4 is 21.5 Å². The number of sulfonamides is 1. The first-order valence-corrected chi connectivity index (χ1v) is 8.67. The summed E-state index contributed by atoms with van der Waals surface area (Å²) >= 11 is 0. The lowest BCUT2D eigenvalue weighted by Crippen LogP contribution is -2.24. The van der Waals surface area contributed by atoms with Crippen molar-refractivity contribution in [3.63, 3.8) is 0 Å². The number of benzene rings is 1. The lowest BCUT2D eigenvalue weighted by molar-refractivity contribution is 0.385. The molecular weight excluding hydrogens is 293 g/mol. The Balaban J connectivity index is 2.07. The van der Waals surface area contributed by atoms with Crippen molar-refractivity contribution in [2.75, 3.05) is 10.5 Å². The predicted octanol–water partition coefficient (Wildman–Crippen LogP) is 2.43. The van der Waals surface area contributed by atoms with E-state index >= 15 is 0 Å². The number of nitrogens with one attached hydrogen (secondary N) is 2. The van der Waals surface area contributed by atoms with Crippen LogP contribution in [0.4, 0.5) is 10.1 Å². The van der Waals surface area contributed by atoms with Gasteiger partial charge in [0.15, 0.2) is 0 Å². The highest BCUT2D eigenvalue weighted by atomic mass is 32.2. The molecule has 0 aromatic heterocycles. The SMILES string of the molecule is N=C(N)c1ccc(NS(=O)(=O)CC2CCCCC2)c(F)c1. The van der Waals surface area contributed by atoms with Gasteiger partial charge in [-0.1, -0.05) is 19.3 Å². The molecule has 5 nitrogen and oxygen atoms in total. The highest BCUT2D eigenvalue weighted by Crippen LogP contribution is 2.26. The smallest absolute Gasteiger partial charge is 0.233 e. The van der Waals surface area contributed by atoms with Crippen LogP contribution in [-0.2, 0) is 10.0 Å². The van der Waals surface area contributed by atoms with E-state index in [1.54, 1.807) is 0 Å². The number of rotatable bonds is 5. The topological polar surface area (TPSA) is 96.0 Å². The van der Waals surface area contributed by atoms with E-state index in [2.05, 4.69) is 4.72 Å². The maximum Gasteiger partial charge on any atom is 0.233 e. The fourth-order valence-corrected chi connectivity index (χ4v) is 4.18. The Bertz CT molecular complexity index is 625. The molecule has 0 atom stereocenters. The van der Waals surface area contributed by atoms with Crippen LogP contribution in [0.5, 0.6) is 0 Å². The second-order valence-corrected chi connectivity index (χ2v) is 7.26. The molecule has 0 saturated heterocycles. The van der Waals surface area contributed by atoms with Gasteiger partial charge in [0.25, 0.3) is 0 Å². The zero-order valence-corrected chi connectivity index (χ0v) is 12.5. The standard InChI is InChI=1S/C14H20FN3O2S/c15-12-8-11(14(16)17)6-7-13(12)18-21(19,20)9-10-4-2-1-3-5-10/h6-8,10,18H,1-5,9H2,(H3,16,17). The van der Waals surface area contributed by atoms with Gasteiger partial charge in [-0.3, -0.25) is 10.1 Å². The molecule has 0 bridgehead atoms. The molecule has 116 valence electrons. The third-order valence-electron chi connectivity index (χ3n) is 3.73. The predicted molar refractivity (Wildman–Crippen MR) is 81.4 cm³/mol. The van der Waals surface area contributed by atoms with Crippen molar-refractivity contribution in [2.45, 2.75) is 32.1 Å². The van der Waals surface area contributed by atoms with Crippen LogP contribution in [0, 0.1) is 17.1 Å². The molecule has 7 heteroatoms. The van der Waals surface area contributed by atoms with E-state index < -0.39 is 15.8 Å². The highest BCUT2D eigenvalue weighted by molar-refractivity contribution is 7.92. The van der Waals surface area contributed by atoms with E-state index in [4.69, 9.17) is 11.1 Å². The molecule has 21 heavy (non-hydrogen) atoms. The molecule has 0 aliphatic heterocycles.